The number of carbonyl (C=O) groups excluding carboxylic acids is 1. The fourth-order valence-electron chi connectivity index (χ4n) is 2.13. The third kappa shape index (κ3) is 4.14. The molecule has 1 amide bonds. The summed E-state index contributed by atoms with van der Waals surface area (Å²) >= 11 is 0. The van der Waals surface area contributed by atoms with Gasteiger partial charge in [0, 0.05) is 32.1 Å². The molecule has 2 heterocycles. The van der Waals surface area contributed by atoms with Crippen LogP contribution in [0.15, 0.2) is 18.7 Å². The zero-order chi connectivity index (χ0) is 12.6. The monoisotopic (exact) mass is 251 g/mol. The highest BCUT2D eigenvalue weighted by Gasteiger charge is 2.22. The van der Waals surface area contributed by atoms with E-state index in [1.807, 2.05) is 12.5 Å². The number of aromatic nitrogens is 2. The maximum absolute atomic E-state index is 11.6. The van der Waals surface area contributed by atoms with Crippen molar-refractivity contribution < 1.29 is 9.53 Å². The first-order valence-electron chi connectivity index (χ1n) is 6.71. The van der Waals surface area contributed by atoms with Crippen LogP contribution in [0, 0.1) is 0 Å². The Hall–Kier alpha value is -1.36. The van der Waals surface area contributed by atoms with Crippen molar-refractivity contribution in [2.24, 2.45) is 0 Å². The lowest BCUT2D eigenvalue weighted by molar-refractivity contribution is -0.130. The van der Waals surface area contributed by atoms with Crippen LogP contribution in [0.1, 0.15) is 32.1 Å². The summed E-state index contributed by atoms with van der Waals surface area (Å²) in [5.74, 6) is 0.0575. The van der Waals surface area contributed by atoms with Gasteiger partial charge in [-0.2, -0.15) is 0 Å². The summed E-state index contributed by atoms with van der Waals surface area (Å²) in [5.41, 5.74) is 0. The average Bonchev–Trinajstić information content (AvgIpc) is 3.05. The van der Waals surface area contributed by atoms with E-state index >= 15 is 0 Å². The van der Waals surface area contributed by atoms with Crippen molar-refractivity contribution in [3.63, 3.8) is 0 Å². The van der Waals surface area contributed by atoms with Gasteiger partial charge in [0.05, 0.1) is 6.33 Å². The molecule has 1 atom stereocenters. The quantitative estimate of drug-likeness (QED) is 0.744. The van der Waals surface area contributed by atoms with Gasteiger partial charge in [0.2, 0.25) is 5.91 Å². The van der Waals surface area contributed by atoms with E-state index in [1.165, 1.54) is 0 Å². The van der Waals surface area contributed by atoms with E-state index in [9.17, 15) is 4.79 Å². The Morgan fingerprint density at radius 1 is 1.44 bits per heavy atom. The van der Waals surface area contributed by atoms with Crippen LogP contribution >= 0.6 is 0 Å². The Kier molecular flexibility index (Phi) is 5.20. The Bertz CT molecular complexity index is 345. The van der Waals surface area contributed by atoms with Crippen molar-refractivity contribution in [2.45, 2.75) is 44.8 Å². The van der Waals surface area contributed by atoms with Gasteiger partial charge in [0.1, 0.15) is 6.10 Å². The Balaban J connectivity index is 1.47. The number of ether oxygens (including phenoxy) is 1. The first-order valence-corrected chi connectivity index (χ1v) is 6.71. The molecule has 1 saturated heterocycles. The highest BCUT2D eigenvalue weighted by Crippen LogP contribution is 2.11. The minimum atomic E-state index is -0.198. The van der Waals surface area contributed by atoms with Gasteiger partial charge in [0.25, 0.3) is 0 Å². The van der Waals surface area contributed by atoms with E-state index in [2.05, 4.69) is 14.9 Å². The number of nitrogens with one attached hydrogen (secondary N) is 1. The molecule has 1 N–H and O–H groups in total. The van der Waals surface area contributed by atoms with E-state index in [1.54, 1.807) is 6.20 Å². The van der Waals surface area contributed by atoms with Crippen molar-refractivity contribution in [1.82, 2.24) is 14.9 Å². The third-order valence-corrected chi connectivity index (χ3v) is 3.17. The van der Waals surface area contributed by atoms with Gasteiger partial charge in [-0.1, -0.05) is 0 Å². The molecule has 0 radical (unpaired) electrons. The molecule has 2 rings (SSSR count). The molecular formula is C13H21N3O2. The molecule has 18 heavy (non-hydrogen) atoms. The largest absolute Gasteiger partial charge is 0.368 e. The van der Waals surface area contributed by atoms with E-state index in [0.717, 1.165) is 51.8 Å². The van der Waals surface area contributed by atoms with Crippen LogP contribution in [-0.2, 0) is 16.1 Å². The van der Waals surface area contributed by atoms with Crippen LogP contribution in [0.5, 0.6) is 0 Å². The Labute approximate surface area is 108 Å². The van der Waals surface area contributed by atoms with Crippen molar-refractivity contribution in [2.75, 3.05) is 13.2 Å². The van der Waals surface area contributed by atoms with Crippen LogP contribution in [0.4, 0.5) is 0 Å². The second-order valence-electron chi connectivity index (χ2n) is 4.65. The molecule has 1 aliphatic heterocycles. The summed E-state index contributed by atoms with van der Waals surface area (Å²) in [4.78, 5) is 15.6. The molecule has 1 aromatic heterocycles. The second kappa shape index (κ2) is 7.16. The minimum absolute atomic E-state index is 0.0575. The van der Waals surface area contributed by atoms with E-state index in [0.29, 0.717) is 0 Å². The van der Waals surface area contributed by atoms with Gasteiger partial charge >= 0.3 is 0 Å². The first-order chi connectivity index (χ1) is 8.86. The van der Waals surface area contributed by atoms with Crippen molar-refractivity contribution in [3.8, 4) is 0 Å². The molecule has 0 bridgehead atoms. The summed E-state index contributed by atoms with van der Waals surface area (Å²) in [7, 11) is 0. The summed E-state index contributed by atoms with van der Waals surface area (Å²) in [6.45, 7) is 2.48. The van der Waals surface area contributed by atoms with Crippen molar-refractivity contribution in [3.05, 3.63) is 18.7 Å². The lowest BCUT2D eigenvalue weighted by Gasteiger charge is -2.10. The number of imidazole rings is 1. The number of amides is 1. The fourth-order valence-corrected chi connectivity index (χ4v) is 2.13. The number of rotatable bonds is 7. The highest BCUT2D eigenvalue weighted by atomic mass is 16.5. The number of hydrogen-bond donors (Lipinski definition) is 1. The van der Waals surface area contributed by atoms with Crippen molar-refractivity contribution >= 4 is 5.91 Å². The smallest absolute Gasteiger partial charge is 0.249 e. The number of unbranched alkanes of at least 4 members (excludes halogenated alkanes) is 2. The maximum atomic E-state index is 11.6. The predicted octanol–water partition coefficient (Wildman–Crippen LogP) is 1.35. The van der Waals surface area contributed by atoms with Crippen LogP contribution in [0.3, 0.4) is 0 Å². The fraction of sp³-hybridized carbons (Fsp3) is 0.692. The minimum Gasteiger partial charge on any atom is -0.368 e. The number of nitrogens with zero attached hydrogens (tertiary/aromatic N) is 2. The molecule has 0 aliphatic carbocycles. The normalized spacial score (nSPS) is 19.0. The molecule has 0 aromatic carbocycles. The zero-order valence-electron chi connectivity index (χ0n) is 10.7. The molecule has 1 unspecified atom stereocenters. The van der Waals surface area contributed by atoms with E-state index in [-0.39, 0.29) is 12.0 Å². The molecule has 1 fully saturated rings. The van der Waals surface area contributed by atoms with Crippen LogP contribution in [0.25, 0.3) is 0 Å². The zero-order valence-corrected chi connectivity index (χ0v) is 10.7. The molecule has 100 valence electrons. The highest BCUT2D eigenvalue weighted by molar-refractivity contribution is 5.80. The molecule has 0 saturated carbocycles. The van der Waals surface area contributed by atoms with Gasteiger partial charge in [-0.05, 0) is 32.1 Å². The molecule has 0 spiro atoms. The van der Waals surface area contributed by atoms with Crippen molar-refractivity contribution in [1.29, 1.82) is 0 Å². The van der Waals surface area contributed by atoms with Crippen LogP contribution in [0.2, 0.25) is 0 Å². The Morgan fingerprint density at radius 2 is 2.39 bits per heavy atom. The standard InChI is InChI=1S/C13H21N3O2/c17-13(12-5-4-10-18-12)15-6-2-1-3-8-16-9-7-14-11-16/h7,9,11-12H,1-6,8,10H2,(H,15,17). The van der Waals surface area contributed by atoms with Crippen LogP contribution in [-0.4, -0.2) is 34.7 Å². The molecular weight excluding hydrogens is 230 g/mol. The van der Waals surface area contributed by atoms with Gasteiger partial charge < -0.3 is 14.6 Å². The second-order valence-corrected chi connectivity index (χ2v) is 4.65. The predicted molar refractivity (Wildman–Crippen MR) is 68.1 cm³/mol. The van der Waals surface area contributed by atoms with Gasteiger partial charge in [-0.15, -0.1) is 0 Å². The van der Waals surface area contributed by atoms with E-state index in [4.69, 9.17) is 4.74 Å². The Morgan fingerprint density at radius 3 is 3.11 bits per heavy atom. The molecule has 1 aliphatic rings. The van der Waals surface area contributed by atoms with Gasteiger partial charge in [-0.3, -0.25) is 4.79 Å². The first kappa shape index (κ1) is 13.1. The molecule has 5 nitrogen and oxygen atoms in total. The summed E-state index contributed by atoms with van der Waals surface area (Å²) in [6, 6.07) is 0. The number of hydrogen-bond acceptors (Lipinski definition) is 3. The molecule has 5 heteroatoms. The van der Waals surface area contributed by atoms with E-state index < -0.39 is 0 Å². The SMILES string of the molecule is O=C(NCCCCCn1ccnc1)C1CCCO1. The maximum Gasteiger partial charge on any atom is 0.249 e. The third-order valence-electron chi connectivity index (χ3n) is 3.17. The average molecular weight is 251 g/mol. The number of aryl methyl sites for hydroxylation is 1. The van der Waals surface area contributed by atoms with Gasteiger partial charge in [0.15, 0.2) is 0 Å². The summed E-state index contributed by atoms with van der Waals surface area (Å²) in [6.07, 6.45) is 10.5. The summed E-state index contributed by atoms with van der Waals surface area (Å²) in [5, 5.41) is 2.94. The molecule has 1 aromatic rings. The van der Waals surface area contributed by atoms with Crippen LogP contribution < -0.4 is 5.32 Å². The topological polar surface area (TPSA) is 56.2 Å². The lowest BCUT2D eigenvalue weighted by Crippen LogP contribution is -2.34. The lowest BCUT2D eigenvalue weighted by atomic mass is 10.2. The number of carbonyl (C=O) groups is 1. The van der Waals surface area contributed by atoms with Gasteiger partial charge in [-0.25, -0.2) is 4.98 Å². The summed E-state index contributed by atoms with van der Waals surface area (Å²) < 4.78 is 7.39.